The highest BCUT2D eigenvalue weighted by Crippen LogP contribution is 2.68. The molecule has 2 fully saturated rings. The smallest absolute Gasteiger partial charge is 0.303 e. The van der Waals surface area contributed by atoms with Crippen molar-refractivity contribution in [1.82, 2.24) is 0 Å². The van der Waals surface area contributed by atoms with E-state index in [1.165, 1.54) is 18.1 Å². The fraction of sp³-hybridized carbons (Fsp3) is 0.778. The number of hydrogen-bond acceptors (Lipinski definition) is 4. The SMILES string of the molecule is CC(=O)O[C@]1(C(C)=O)CC[C@@H]2[C@@H]3C=C(C)C4=C[C@@H](OC(C)C)CC[C@]4(C)[C@@H]3CC[C@@]21C. The molecule has 4 heteroatoms. The van der Waals surface area contributed by atoms with Crippen LogP contribution < -0.4 is 0 Å². The Balaban J connectivity index is 1.72. The topological polar surface area (TPSA) is 52.6 Å². The van der Waals surface area contributed by atoms with Crippen molar-refractivity contribution >= 4 is 11.8 Å². The zero-order valence-electron chi connectivity index (χ0n) is 20.4. The first-order chi connectivity index (χ1) is 14.4. The zero-order valence-corrected chi connectivity index (χ0v) is 20.4. The van der Waals surface area contributed by atoms with Gasteiger partial charge in [0.25, 0.3) is 0 Å². The molecule has 0 aromatic carbocycles. The minimum absolute atomic E-state index is 0.0146. The van der Waals surface area contributed by atoms with E-state index in [1.807, 2.05) is 0 Å². The first-order valence-corrected chi connectivity index (χ1v) is 12.2. The molecule has 0 heterocycles. The molecule has 0 aromatic rings. The molecule has 0 saturated heterocycles. The molecule has 0 bridgehead atoms. The molecule has 0 amide bonds. The molecule has 172 valence electrons. The molecule has 4 nitrogen and oxygen atoms in total. The molecule has 31 heavy (non-hydrogen) atoms. The lowest BCUT2D eigenvalue weighted by molar-refractivity contribution is -0.185. The maximum atomic E-state index is 12.9. The van der Waals surface area contributed by atoms with Crippen molar-refractivity contribution in [3.8, 4) is 0 Å². The highest BCUT2D eigenvalue weighted by atomic mass is 16.6. The number of allylic oxidation sites excluding steroid dienone is 3. The number of ether oxygens (including phenoxy) is 2. The highest BCUT2D eigenvalue weighted by molar-refractivity contribution is 5.89. The standard InChI is InChI=1S/C27H40O4/c1-16(2)30-20-8-11-25(6)22-9-12-26(7)23(21(22)14-17(3)24(25)15-20)10-13-27(26,18(4)28)31-19(5)29/h14-16,20-23H,8-13H2,1-7H3/t20-,21+,22+,23+,25+,26-,27-/m0/s1. The number of hydrogen-bond donors (Lipinski definition) is 0. The number of ketones is 1. The van der Waals surface area contributed by atoms with E-state index in [9.17, 15) is 9.59 Å². The van der Waals surface area contributed by atoms with Gasteiger partial charge < -0.3 is 9.47 Å². The van der Waals surface area contributed by atoms with Crippen molar-refractivity contribution < 1.29 is 19.1 Å². The summed E-state index contributed by atoms with van der Waals surface area (Å²) < 4.78 is 12.0. The maximum Gasteiger partial charge on any atom is 0.303 e. The number of esters is 1. The van der Waals surface area contributed by atoms with E-state index < -0.39 is 5.60 Å². The number of carbonyl (C=O) groups excluding carboxylic acids is 2. The van der Waals surface area contributed by atoms with E-state index in [0.717, 1.165) is 32.1 Å². The molecule has 7 atom stereocenters. The van der Waals surface area contributed by atoms with Gasteiger partial charge in [-0.2, -0.15) is 0 Å². The second kappa shape index (κ2) is 7.57. The van der Waals surface area contributed by atoms with Crippen LogP contribution in [0.25, 0.3) is 0 Å². The largest absolute Gasteiger partial charge is 0.451 e. The summed E-state index contributed by atoms with van der Waals surface area (Å²) in [5, 5.41) is 0. The van der Waals surface area contributed by atoms with Crippen molar-refractivity contribution in [2.24, 2.45) is 28.6 Å². The van der Waals surface area contributed by atoms with Gasteiger partial charge >= 0.3 is 5.97 Å². The molecule has 0 spiro atoms. The van der Waals surface area contributed by atoms with Crippen LogP contribution in [0.4, 0.5) is 0 Å². The Morgan fingerprint density at radius 2 is 1.68 bits per heavy atom. The van der Waals surface area contributed by atoms with Crippen molar-refractivity contribution in [2.75, 3.05) is 0 Å². The first-order valence-electron chi connectivity index (χ1n) is 12.2. The van der Waals surface area contributed by atoms with Crippen LogP contribution in [-0.2, 0) is 19.1 Å². The minimum atomic E-state index is -0.962. The van der Waals surface area contributed by atoms with Crippen LogP contribution in [0, 0.1) is 28.6 Å². The van der Waals surface area contributed by atoms with Gasteiger partial charge in [-0.1, -0.05) is 31.6 Å². The highest BCUT2D eigenvalue weighted by Gasteiger charge is 2.67. The van der Waals surface area contributed by atoms with Crippen LogP contribution in [0.2, 0.25) is 0 Å². The van der Waals surface area contributed by atoms with Crippen LogP contribution in [-0.4, -0.2) is 29.6 Å². The van der Waals surface area contributed by atoms with E-state index >= 15 is 0 Å². The Morgan fingerprint density at radius 3 is 2.29 bits per heavy atom. The molecule has 4 rings (SSSR count). The number of carbonyl (C=O) groups is 2. The van der Waals surface area contributed by atoms with Gasteiger partial charge in [-0.3, -0.25) is 9.59 Å². The van der Waals surface area contributed by atoms with Crippen LogP contribution in [0.15, 0.2) is 23.3 Å². The number of Topliss-reactive ketones (excluding diaryl/α,β-unsaturated/α-hetero) is 1. The molecule has 0 unspecified atom stereocenters. The van der Waals surface area contributed by atoms with Crippen molar-refractivity contribution in [3.63, 3.8) is 0 Å². The molecule has 2 saturated carbocycles. The molecular weight excluding hydrogens is 388 g/mol. The summed E-state index contributed by atoms with van der Waals surface area (Å²) in [5.41, 5.74) is 1.75. The van der Waals surface area contributed by atoms with Gasteiger partial charge in [0.15, 0.2) is 11.4 Å². The molecule has 0 aromatic heterocycles. The van der Waals surface area contributed by atoms with Crippen LogP contribution in [0.3, 0.4) is 0 Å². The fourth-order valence-electron chi connectivity index (χ4n) is 8.07. The van der Waals surface area contributed by atoms with Crippen molar-refractivity contribution in [3.05, 3.63) is 23.3 Å². The Hall–Kier alpha value is -1.42. The molecule has 4 aliphatic carbocycles. The van der Waals surface area contributed by atoms with E-state index in [0.29, 0.717) is 24.2 Å². The predicted molar refractivity (Wildman–Crippen MR) is 121 cm³/mol. The summed E-state index contributed by atoms with van der Waals surface area (Å²) >= 11 is 0. The van der Waals surface area contributed by atoms with Crippen LogP contribution in [0.5, 0.6) is 0 Å². The van der Waals surface area contributed by atoms with Crippen molar-refractivity contribution in [1.29, 1.82) is 0 Å². The summed E-state index contributed by atoms with van der Waals surface area (Å²) in [6.07, 6.45) is 11.2. The summed E-state index contributed by atoms with van der Waals surface area (Å²) in [6, 6.07) is 0. The monoisotopic (exact) mass is 428 g/mol. The lowest BCUT2D eigenvalue weighted by Crippen LogP contribution is -2.58. The van der Waals surface area contributed by atoms with E-state index in [2.05, 4.69) is 46.8 Å². The van der Waals surface area contributed by atoms with Gasteiger partial charge in [-0.25, -0.2) is 0 Å². The van der Waals surface area contributed by atoms with Gasteiger partial charge in [-0.05, 0) is 95.0 Å². The number of rotatable bonds is 4. The summed E-state index contributed by atoms with van der Waals surface area (Å²) in [4.78, 5) is 24.9. The summed E-state index contributed by atoms with van der Waals surface area (Å²) in [5.74, 6) is 1.05. The van der Waals surface area contributed by atoms with Crippen molar-refractivity contribution in [2.45, 2.75) is 105 Å². The average Bonchev–Trinajstić information content (AvgIpc) is 2.96. The second-order valence-electron chi connectivity index (χ2n) is 11.4. The Kier molecular flexibility index (Phi) is 5.56. The lowest BCUT2D eigenvalue weighted by atomic mass is 9.47. The molecule has 0 aliphatic heterocycles. The molecular formula is C27H40O4. The summed E-state index contributed by atoms with van der Waals surface area (Å²) in [7, 11) is 0. The second-order valence-corrected chi connectivity index (χ2v) is 11.4. The lowest BCUT2D eigenvalue weighted by Gasteiger charge is -2.58. The summed E-state index contributed by atoms with van der Waals surface area (Å²) in [6.45, 7) is 14.2. The Morgan fingerprint density at radius 1 is 1.00 bits per heavy atom. The Labute approximate surface area is 187 Å². The third-order valence-electron chi connectivity index (χ3n) is 9.39. The maximum absolute atomic E-state index is 12.9. The molecule has 0 radical (unpaired) electrons. The van der Waals surface area contributed by atoms with E-state index in [4.69, 9.17) is 9.47 Å². The van der Waals surface area contributed by atoms with Gasteiger partial charge in [0.1, 0.15) is 0 Å². The first kappa shape index (κ1) is 22.8. The van der Waals surface area contributed by atoms with Gasteiger partial charge in [-0.15, -0.1) is 0 Å². The van der Waals surface area contributed by atoms with Gasteiger partial charge in [0.05, 0.1) is 12.2 Å². The third kappa shape index (κ3) is 3.27. The minimum Gasteiger partial charge on any atom is -0.451 e. The normalized spacial score (nSPS) is 44.0. The third-order valence-corrected chi connectivity index (χ3v) is 9.39. The van der Waals surface area contributed by atoms with Crippen LogP contribution in [0.1, 0.15) is 87.0 Å². The van der Waals surface area contributed by atoms with E-state index in [-0.39, 0.29) is 34.8 Å². The average molecular weight is 429 g/mol. The molecule has 4 aliphatic rings. The predicted octanol–water partition coefficient (Wildman–Crippen LogP) is 5.80. The Bertz CT molecular complexity index is 838. The van der Waals surface area contributed by atoms with E-state index in [1.54, 1.807) is 6.92 Å². The van der Waals surface area contributed by atoms with Gasteiger partial charge in [0.2, 0.25) is 0 Å². The number of fused-ring (bicyclic) bond motifs is 5. The fourth-order valence-corrected chi connectivity index (χ4v) is 8.07. The molecule has 0 N–H and O–H groups in total. The quantitative estimate of drug-likeness (QED) is 0.531. The zero-order chi connectivity index (χ0) is 22.8. The van der Waals surface area contributed by atoms with Gasteiger partial charge in [0, 0.05) is 12.3 Å². The van der Waals surface area contributed by atoms with Crippen LogP contribution >= 0.6 is 0 Å².